The van der Waals surface area contributed by atoms with Gasteiger partial charge in [-0.15, -0.1) is 10.2 Å². The van der Waals surface area contributed by atoms with E-state index in [2.05, 4.69) is 30.8 Å². The van der Waals surface area contributed by atoms with E-state index in [-0.39, 0.29) is 30.3 Å². The Balaban J connectivity index is 1.49. The fourth-order valence-corrected chi connectivity index (χ4v) is 3.76. The molecule has 0 saturated heterocycles. The summed E-state index contributed by atoms with van der Waals surface area (Å²) < 4.78 is 66.0. The second-order valence-electron chi connectivity index (χ2n) is 8.46. The first kappa shape index (κ1) is 26.6. The van der Waals surface area contributed by atoms with Gasteiger partial charge >= 0.3 is 6.18 Å². The molecular weight excluding hydrogens is 519 g/mol. The number of halogens is 5. The van der Waals surface area contributed by atoms with Gasteiger partial charge in [0.25, 0.3) is 17.5 Å². The van der Waals surface area contributed by atoms with Crippen molar-refractivity contribution in [3.05, 3.63) is 69.3 Å². The molecule has 1 aliphatic rings. The molecule has 3 aromatic rings. The molecule has 4 rings (SSSR count). The number of carbonyl (C=O) groups is 1. The van der Waals surface area contributed by atoms with Gasteiger partial charge < -0.3 is 15.5 Å². The molecule has 11 nitrogen and oxygen atoms in total. The normalized spacial score (nSPS) is 13.6. The lowest BCUT2D eigenvalue weighted by molar-refractivity contribution is -0.388. The van der Waals surface area contributed by atoms with Crippen LogP contribution in [0.15, 0.2) is 36.7 Å². The molecule has 0 bridgehead atoms. The van der Waals surface area contributed by atoms with E-state index in [1.807, 2.05) is 0 Å². The molecule has 0 radical (unpaired) electrons. The van der Waals surface area contributed by atoms with Gasteiger partial charge in [0.2, 0.25) is 0 Å². The van der Waals surface area contributed by atoms with E-state index in [4.69, 9.17) is 0 Å². The summed E-state index contributed by atoms with van der Waals surface area (Å²) in [5, 5.41) is 23.6. The van der Waals surface area contributed by atoms with Gasteiger partial charge in [-0.05, 0) is 30.7 Å². The second-order valence-corrected chi connectivity index (χ2v) is 8.46. The second kappa shape index (κ2) is 10.1. The Bertz CT molecular complexity index is 1360. The highest BCUT2D eigenvalue weighted by Gasteiger charge is 2.39. The van der Waals surface area contributed by atoms with Crippen molar-refractivity contribution in [2.75, 3.05) is 23.3 Å². The molecule has 3 heterocycles. The predicted molar refractivity (Wildman–Crippen MR) is 123 cm³/mol. The van der Waals surface area contributed by atoms with E-state index >= 15 is 0 Å². The summed E-state index contributed by atoms with van der Waals surface area (Å²) in [5.74, 6) is -3.32. The lowest BCUT2D eigenvalue weighted by Crippen LogP contribution is -2.35. The van der Waals surface area contributed by atoms with Gasteiger partial charge in [-0.3, -0.25) is 14.9 Å². The van der Waals surface area contributed by atoms with Crippen molar-refractivity contribution in [3.8, 4) is 0 Å². The highest BCUT2D eigenvalue weighted by molar-refractivity contribution is 5.92. The minimum Gasteiger partial charge on any atom is -0.365 e. The van der Waals surface area contributed by atoms with E-state index in [1.54, 1.807) is 4.90 Å². The van der Waals surface area contributed by atoms with Gasteiger partial charge in [0.05, 0.1) is 23.7 Å². The van der Waals surface area contributed by atoms with Gasteiger partial charge in [0.15, 0.2) is 11.5 Å². The van der Waals surface area contributed by atoms with Gasteiger partial charge in [-0.25, -0.2) is 18.7 Å². The Hall–Kier alpha value is -4.50. The highest BCUT2D eigenvalue weighted by atomic mass is 19.4. The third-order valence-corrected chi connectivity index (χ3v) is 5.56. The Morgan fingerprint density at radius 3 is 2.53 bits per heavy atom. The standard InChI is InChI=1S/C22H19F5N8O3/c1-21(23,24)10-28-20(36)15-3-5-18(33-32-15)31-19-13-6-7-34(9-16(13)29-11-30-19)12-2-4-17(35(37)38)14(8-12)22(25,26)27/h2-5,8,11H,6-7,9-10H2,1H3,(H,28,36)(H,29,30,31,33). The monoisotopic (exact) mass is 538 g/mol. The molecule has 0 spiro atoms. The number of nitro benzene ring substituents is 1. The number of nitrogens with zero attached hydrogens (tertiary/aromatic N) is 6. The van der Waals surface area contributed by atoms with Crippen LogP contribution < -0.4 is 15.5 Å². The summed E-state index contributed by atoms with van der Waals surface area (Å²) in [6.07, 6.45) is -3.32. The first-order valence-electron chi connectivity index (χ1n) is 11.0. The van der Waals surface area contributed by atoms with E-state index in [0.29, 0.717) is 30.4 Å². The zero-order valence-corrected chi connectivity index (χ0v) is 19.6. The average molecular weight is 538 g/mol. The molecule has 1 aromatic carbocycles. The third-order valence-electron chi connectivity index (χ3n) is 5.56. The Morgan fingerprint density at radius 1 is 1.13 bits per heavy atom. The van der Waals surface area contributed by atoms with Crippen molar-refractivity contribution in [2.45, 2.75) is 32.0 Å². The quantitative estimate of drug-likeness (QED) is 0.261. The SMILES string of the molecule is CC(F)(F)CNC(=O)c1ccc(Nc2ncnc3c2CCN(c2ccc([N+](=O)[O-])c(C(F)(F)F)c2)C3)nn1. The van der Waals surface area contributed by atoms with Crippen molar-refractivity contribution >= 4 is 28.9 Å². The van der Waals surface area contributed by atoms with Gasteiger partial charge in [0, 0.05) is 30.8 Å². The molecule has 16 heteroatoms. The predicted octanol–water partition coefficient (Wildman–Crippen LogP) is 3.88. The first-order valence-corrected chi connectivity index (χ1v) is 11.0. The van der Waals surface area contributed by atoms with Gasteiger partial charge in [-0.2, -0.15) is 13.2 Å². The summed E-state index contributed by atoms with van der Waals surface area (Å²) in [5.41, 5.74) is -1.18. The number of amides is 1. The molecule has 0 atom stereocenters. The minimum atomic E-state index is -4.90. The number of nitro groups is 1. The van der Waals surface area contributed by atoms with E-state index in [1.165, 1.54) is 24.5 Å². The maximum absolute atomic E-state index is 13.4. The number of benzene rings is 1. The topological polar surface area (TPSA) is 139 Å². The molecule has 0 aliphatic carbocycles. The molecule has 0 unspecified atom stereocenters. The maximum Gasteiger partial charge on any atom is 0.423 e. The fourth-order valence-electron chi connectivity index (χ4n) is 3.76. The lowest BCUT2D eigenvalue weighted by atomic mass is 10.0. The number of carbonyl (C=O) groups excluding carboxylic acids is 1. The molecule has 2 aromatic heterocycles. The average Bonchev–Trinajstić information content (AvgIpc) is 2.86. The van der Waals surface area contributed by atoms with Crippen LogP contribution in [0.3, 0.4) is 0 Å². The third kappa shape index (κ3) is 6.07. The number of aromatic nitrogens is 4. The van der Waals surface area contributed by atoms with Crippen molar-refractivity contribution in [2.24, 2.45) is 0 Å². The summed E-state index contributed by atoms with van der Waals surface area (Å²) in [4.78, 5) is 31.9. The Kier molecular flexibility index (Phi) is 7.06. The molecule has 38 heavy (non-hydrogen) atoms. The van der Waals surface area contributed by atoms with E-state index in [9.17, 15) is 36.9 Å². The minimum absolute atomic E-state index is 0.120. The number of rotatable bonds is 7. The molecule has 200 valence electrons. The van der Waals surface area contributed by atoms with Crippen LogP contribution in [0.25, 0.3) is 0 Å². The molecule has 2 N–H and O–H groups in total. The molecule has 0 saturated carbocycles. The zero-order chi connectivity index (χ0) is 27.7. The van der Waals surface area contributed by atoms with Crippen LogP contribution in [-0.4, -0.2) is 50.0 Å². The Labute approximate surface area is 211 Å². The molecule has 0 fully saturated rings. The van der Waals surface area contributed by atoms with Crippen LogP contribution >= 0.6 is 0 Å². The van der Waals surface area contributed by atoms with E-state index < -0.39 is 40.7 Å². The molecular formula is C22H19F5N8O3. The summed E-state index contributed by atoms with van der Waals surface area (Å²) in [6, 6.07) is 5.54. The molecule has 1 amide bonds. The number of anilines is 3. The highest BCUT2D eigenvalue weighted by Crippen LogP contribution is 2.39. The number of alkyl halides is 5. The van der Waals surface area contributed by atoms with Gasteiger partial charge in [-0.1, -0.05) is 0 Å². The number of hydrogen-bond acceptors (Lipinski definition) is 9. The van der Waals surface area contributed by atoms with Crippen LogP contribution in [0.5, 0.6) is 0 Å². The number of fused-ring (bicyclic) bond motifs is 1. The number of nitrogens with one attached hydrogen (secondary N) is 2. The Morgan fingerprint density at radius 2 is 1.89 bits per heavy atom. The van der Waals surface area contributed by atoms with Crippen LogP contribution in [-0.2, 0) is 19.1 Å². The van der Waals surface area contributed by atoms with Crippen molar-refractivity contribution < 1.29 is 31.7 Å². The maximum atomic E-state index is 13.4. The van der Waals surface area contributed by atoms with Crippen molar-refractivity contribution in [1.29, 1.82) is 0 Å². The fraction of sp³-hybridized carbons (Fsp3) is 0.318. The summed E-state index contributed by atoms with van der Waals surface area (Å²) >= 11 is 0. The zero-order valence-electron chi connectivity index (χ0n) is 19.6. The van der Waals surface area contributed by atoms with Crippen LogP contribution in [0, 0.1) is 10.1 Å². The lowest BCUT2D eigenvalue weighted by Gasteiger charge is -2.31. The van der Waals surface area contributed by atoms with E-state index in [0.717, 1.165) is 12.1 Å². The van der Waals surface area contributed by atoms with Gasteiger partial charge in [0.1, 0.15) is 17.7 Å². The smallest absolute Gasteiger partial charge is 0.365 e. The van der Waals surface area contributed by atoms with Crippen LogP contribution in [0.2, 0.25) is 0 Å². The molecule has 1 aliphatic heterocycles. The summed E-state index contributed by atoms with van der Waals surface area (Å²) in [7, 11) is 0. The first-order chi connectivity index (χ1) is 17.8. The van der Waals surface area contributed by atoms with Crippen LogP contribution in [0.4, 0.5) is 45.0 Å². The number of hydrogen-bond donors (Lipinski definition) is 2. The largest absolute Gasteiger partial charge is 0.423 e. The van der Waals surface area contributed by atoms with Crippen molar-refractivity contribution in [3.63, 3.8) is 0 Å². The van der Waals surface area contributed by atoms with Crippen LogP contribution in [0.1, 0.15) is 34.2 Å². The summed E-state index contributed by atoms with van der Waals surface area (Å²) in [6.45, 7) is 0.208. The van der Waals surface area contributed by atoms with Crippen molar-refractivity contribution in [1.82, 2.24) is 25.5 Å².